The maximum absolute atomic E-state index is 11.7. The fourth-order valence-corrected chi connectivity index (χ4v) is 1.55. The molecule has 0 amide bonds. The summed E-state index contributed by atoms with van der Waals surface area (Å²) in [7, 11) is 2.42. The van der Waals surface area contributed by atoms with Crippen LogP contribution in [-0.4, -0.2) is 26.2 Å². The van der Waals surface area contributed by atoms with Crippen LogP contribution >= 0.6 is 11.6 Å². The Morgan fingerprint density at radius 1 is 1.16 bits per heavy atom. The number of carbonyl (C=O) groups excluding carboxylic acids is 2. The van der Waals surface area contributed by atoms with E-state index in [4.69, 9.17) is 11.6 Å². The molecule has 5 heteroatoms. The van der Waals surface area contributed by atoms with Gasteiger partial charge in [0.15, 0.2) is 0 Å². The van der Waals surface area contributed by atoms with Gasteiger partial charge in [0.2, 0.25) is 0 Å². The number of rotatable bonds is 4. The van der Waals surface area contributed by atoms with Crippen LogP contribution in [-0.2, 0) is 19.1 Å². The van der Waals surface area contributed by atoms with Crippen molar-refractivity contribution in [1.29, 1.82) is 0 Å². The molecule has 0 aromatic heterocycles. The molecule has 0 aliphatic heterocycles. The number of carbonyl (C=O) groups is 2. The average Bonchev–Trinajstić information content (AvgIpc) is 2.44. The molecule has 4 nitrogen and oxygen atoms in total. The minimum atomic E-state index is -0.705. The largest absolute Gasteiger partial charge is 0.465 e. The van der Waals surface area contributed by atoms with Crippen molar-refractivity contribution in [2.45, 2.75) is 0 Å². The van der Waals surface area contributed by atoms with Gasteiger partial charge in [0.25, 0.3) is 0 Å². The second kappa shape index (κ2) is 6.75. The van der Waals surface area contributed by atoms with E-state index in [2.05, 4.69) is 16.1 Å². The quantitative estimate of drug-likeness (QED) is 0.483. The van der Waals surface area contributed by atoms with Crippen molar-refractivity contribution < 1.29 is 19.1 Å². The van der Waals surface area contributed by atoms with Gasteiger partial charge in [-0.2, -0.15) is 0 Å². The van der Waals surface area contributed by atoms with Gasteiger partial charge in [0.05, 0.1) is 25.4 Å². The van der Waals surface area contributed by atoms with E-state index in [1.54, 1.807) is 24.3 Å². The number of halogens is 1. The van der Waals surface area contributed by atoms with Crippen LogP contribution in [0.25, 0.3) is 6.08 Å². The summed E-state index contributed by atoms with van der Waals surface area (Å²) in [6, 6.07) is 6.89. The molecule has 0 saturated carbocycles. The van der Waals surface area contributed by atoms with Crippen molar-refractivity contribution in [1.82, 2.24) is 0 Å². The molecule has 0 atom stereocenters. The molecule has 0 unspecified atom stereocenters. The summed E-state index contributed by atoms with van der Waals surface area (Å²) in [6.45, 7) is 3.53. The fraction of sp³-hybridized carbons (Fsp3) is 0.143. The highest BCUT2D eigenvalue weighted by Crippen LogP contribution is 2.22. The molecule has 19 heavy (non-hydrogen) atoms. The van der Waals surface area contributed by atoms with Gasteiger partial charge in [0.1, 0.15) is 0 Å². The number of hydrogen-bond donors (Lipinski definition) is 0. The lowest BCUT2D eigenvalue weighted by molar-refractivity contribution is -0.139. The Bertz CT molecular complexity index is 546. The molecule has 0 radical (unpaired) electrons. The van der Waals surface area contributed by atoms with E-state index in [1.807, 2.05) is 0 Å². The monoisotopic (exact) mass is 280 g/mol. The van der Waals surface area contributed by atoms with Crippen LogP contribution in [0, 0.1) is 0 Å². The first kappa shape index (κ1) is 15.0. The number of hydrogen-bond acceptors (Lipinski definition) is 4. The zero-order valence-electron chi connectivity index (χ0n) is 10.6. The SMILES string of the molecule is C=C(C(=O)OC)/C(=C\c1ccccc1Cl)C(=O)OC. The zero-order valence-corrected chi connectivity index (χ0v) is 11.4. The van der Waals surface area contributed by atoms with Crippen LogP contribution in [0.3, 0.4) is 0 Å². The van der Waals surface area contributed by atoms with Crippen LogP contribution in [0.5, 0.6) is 0 Å². The first-order chi connectivity index (χ1) is 9.01. The van der Waals surface area contributed by atoms with E-state index >= 15 is 0 Å². The number of esters is 2. The highest BCUT2D eigenvalue weighted by molar-refractivity contribution is 6.32. The van der Waals surface area contributed by atoms with Gasteiger partial charge < -0.3 is 9.47 Å². The van der Waals surface area contributed by atoms with Crippen molar-refractivity contribution in [3.8, 4) is 0 Å². The average molecular weight is 281 g/mol. The molecular weight excluding hydrogens is 268 g/mol. The Morgan fingerprint density at radius 3 is 2.26 bits per heavy atom. The molecule has 1 rings (SSSR count). The van der Waals surface area contributed by atoms with Crippen LogP contribution < -0.4 is 0 Å². The second-order valence-electron chi connectivity index (χ2n) is 3.54. The van der Waals surface area contributed by atoms with Gasteiger partial charge in [-0.25, -0.2) is 9.59 Å². The van der Waals surface area contributed by atoms with Gasteiger partial charge in [-0.05, 0) is 17.7 Å². The summed E-state index contributed by atoms with van der Waals surface area (Å²) in [6.07, 6.45) is 1.44. The predicted octanol–water partition coefficient (Wildman–Crippen LogP) is 2.63. The summed E-state index contributed by atoms with van der Waals surface area (Å²) < 4.78 is 9.16. The lowest BCUT2D eigenvalue weighted by atomic mass is 10.0. The van der Waals surface area contributed by atoms with Crippen LogP contribution in [0.2, 0.25) is 5.02 Å². The van der Waals surface area contributed by atoms with E-state index < -0.39 is 11.9 Å². The molecule has 0 N–H and O–H groups in total. The summed E-state index contributed by atoms with van der Waals surface area (Å²) in [5.74, 6) is -1.39. The minimum Gasteiger partial charge on any atom is -0.465 e. The first-order valence-corrected chi connectivity index (χ1v) is 5.71. The molecule has 0 bridgehead atoms. The van der Waals surface area contributed by atoms with Crippen molar-refractivity contribution in [3.05, 3.63) is 52.6 Å². The van der Waals surface area contributed by atoms with Crippen molar-refractivity contribution in [2.75, 3.05) is 14.2 Å². The van der Waals surface area contributed by atoms with E-state index in [-0.39, 0.29) is 11.1 Å². The lowest BCUT2D eigenvalue weighted by Crippen LogP contribution is -2.14. The molecule has 0 spiro atoms. The molecular formula is C14H13ClO4. The lowest BCUT2D eigenvalue weighted by Gasteiger charge is -2.08. The molecule has 0 aliphatic carbocycles. The van der Waals surface area contributed by atoms with Gasteiger partial charge >= 0.3 is 11.9 Å². The molecule has 0 saturated heterocycles. The number of benzene rings is 1. The summed E-state index contributed by atoms with van der Waals surface area (Å²) in [4.78, 5) is 23.1. The number of methoxy groups -OCH3 is 2. The Kier molecular flexibility index (Phi) is 5.33. The Hall–Kier alpha value is -2.07. The smallest absolute Gasteiger partial charge is 0.338 e. The Balaban J connectivity index is 3.26. The molecule has 1 aromatic rings. The summed E-state index contributed by atoms with van der Waals surface area (Å²) >= 11 is 5.99. The predicted molar refractivity (Wildman–Crippen MR) is 72.6 cm³/mol. The summed E-state index contributed by atoms with van der Waals surface area (Å²) in [5, 5.41) is 0.446. The topological polar surface area (TPSA) is 52.6 Å². The van der Waals surface area contributed by atoms with Gasteiger partial charge in [-0.1, -0.05) is 36.4 Å². The zero-order chi connectivity index (χ0) is 14.4. The maximum atomic E-state index is 11.7. The fourth-order valence-electron chi connectivity index (χ4n) is 1.36. The molecule has 0 aliphatic rings. The maximum Gasteiger partial charge on any atom is 0.338 e. The minimum absolute atomic E-state index is 0.00227. The van der Waals surface area contributed by atoms with Gasteiger partial charge in [-0.3, -0.25) is 0 Å². The van der Waals surface area contributed by atoms with Gasteiger partial charge in [0, 0.05) is 5.02 Å². The van der Waals surface area contributed by atoms with Gasteiger partial charge in [-0.15, -0.1) is 0 Å². The Labute approximate surface area is 116 Å². The van der Waals surface area contributed by atoms with E-state index in [0.29, 0.717) is 10.6 Å². The third-order valence-electron chi connectivity index (χ3n) is 2.37. The summed E-state index contributed by atoms with van der Waals surface area (Å²) in [5.41, 5.74) is 0.492. The highest BCUT2D eigenvalue weighted by atomic mass is 35.5. The number of ether oxygens (including phenoxy) is 2. The Morgan fingerprint density at radius 2 is 1.74 bits per heavy atom. The third-order valence-corrected chi connectivity index (χ3v) is 2.71. The van der Waals surface area contributed by atoms with Crippen LogP contribution in [0.4, 0.5) is 0 Å². The van der Waals surface area contributed by atoms with Crippen molar-refractivity contribution in [2.24, 2.45) is 0 Å². The van der Waals surface area contributed by atoms with Crippen LogP contribution in [0.15, 0.2) is 42.0 Å². The van der Waals surface area contributed by atoms with E-state index in [1.165, 1.54) is 20.3 Å². The normalized spacial score (nSPS) is 10.8. The molecule has 1 aromatic carbocycles. The van der Waals surface area contributed by atoms with Crippen LogP contribution in [0.1, 0.15) is 5.56 Å². The van der Waals surface area contributed by atoms with E-state index in [0.717, 1.165) is 0 Å². The molecule has 100 valence electrons. The molecule has 0 heterocycles. The van der Waals surface area contributed by atoms with Crippen molar-refractivity contribution >= 4 is 29.6 Å². The standard InChI is InChI=1S/C14H13ClO4/c1-9(13(16)18-2)11(14(17)19-3)8-10-6-4-5-7-12(10)15/h4-8H,1H2,2-3H3/b11-8+. The van der Waals surface area contributed by atoms with E-state index in [9.17, 15) is 9.59 Å². The third kappa shape index (κ3) is 3.69. The second-order valence-corrected chi connectivity index (χ2v) is 3.95. The van der Waals surface area contributed by atoms with Crippen molar-refractivity contribution in [3.63, 3.8) is 0 Å². The molecule has 0 fully saturated rings. The first-order valence-electron chi connectivity index (χ1n) is 5.33. The highest BCUT2D eigenvalue weighted by Gasteiger charge is 2.20.